The lowest BCUT2D eigenvalue weighted by Crippen LogP contribution is -2.34. The van der Waals surface area contributed by atoms with Crippen molar-refractivity contribution in [2.45, 2.75) is 18.9 Å². The fourth-order valence-corrected chi connectivity index (χ4v) is 3.04. The molecule has 3 N–H and O–H groups in total. The minimum absolute atomic E-state index is 0.151. The Balaban J connectivity index is 2.08. The molecule has 0 spiro atoms. The van der Waals surface area contributed by atoms with Crippen molar-refractivity contribution in [2.24, 2.45) is 5.73 Å². The minimum Gasteiger partial charge on any atom is -0.495 e. The smallest absolute Gasteiger partial charge is 0.252 e. The topological polar surface area (TPSA) is 73.6 Å². The number of nitrogens with two attached hydrogens (primary N) is 1. The van der Waals surface area contributed by atoms with Crippen LogP contribution >= 0.6 is 0 Å². The second-order valence-corrected chi connectivity index (χ2v) is 5.82. The molecule has 0 radical (unpaired) electrons. The summed E-state index contributed by atoms with van der Waals surface area (Å²) < 4.78 is 11.8. The summed E-state index contributed by atoms with van der Waals surface area (Å²) in [6.07, 6.45) is 2.06. The van der Waals surface area contributed by atoms with Crippen LogP contribution in [-0.2, 0) is 0 Å². The van der Waals surface area contributed by atoms with Crippen LogP contribution in [0.25, 0.3) is 11.1 Å². The minimum atomic E-state index is -0.516. The highest BCUT2D eigenvalue weighted by Gasteiger charge is 2.22. The van der Waals surface area contributed by atoms with Gasteiger partial charge in [-0.1, -0.05) is 30.3 Å². The van der Waals surface area contributed by atoms with E-state index in [0.717, 1.165) is 42.8 Å². The van der Waals surface area contributed by atoms with Crippen molar-refractivity contribution in [3.63, 3.8) is 0 Å². The van der Waals surface area contributed by atoms with E-state index in [0.29, 0.717) is 11.3 Å². The molecule has 5 nitrogen and oxygen atoms in total. The molecule has 1 aliphatic rings. The Morgan fingerprint density at radius 3 is 2.46 bits per heavy atom. The first-order valence-electron chi connectivity index (χ1n) is 8.14. The van der Waals surface area contributed by atoms with Crippen molar-refractivity contribution in [3.05, 3.63) is 48.0 Å². The van der Waals surface area contributed by atoms with Gasteiger partial charge in [0.1, 0.15) is 17.6 Å². The van der Waals surface area contributed by atoms with Gasteiger partial charge in [0.2, 0.25) is 0 Å². The largest absolute Gasteiger partial charge is 0.495 e. The average molecular weight is 326 g/mol. The molecule has 5 heteroatoms. The highest BCUT2D eigenvalue weighted by molar-refractivity contribution is 5.99. The molecule has 126 valence electrons. The number of piperidine rings is 1. The Kier molecular flexibility index (Phi) is 5.01. The predicted molar refractivity (Wildman–Crippen MR) is 93.5 cm³/mol. The third-order valence-corrected chi connectivity index (χ3v) is 4.23. The lowest BCUT2D eigenvalue weighted by molar-refractivity contribution is 0.0997. The summed E-state index contributed by atoms with van der Waals surface area (Å²) in [5.74, 6) is 0.660. The Morgan fingerprint density at radius 1 is 1.12 bits per heavy atom. The zero-order chi connectivity index (χ0) is 16.9. The molecule has 24 heavy (non-hydrogen) atoms. The van der Waals surface area contributed by atoms with E-state index in [1.165, 1.54) is 0 Å². The second kappa shape index (κ2) is 7.36. The van der Waals surface area contributed by atoms with Gasteiger partial charge in [0.15, 0.2) is 0 Å². The second-order valence-electron chi connectivity index (χ2n) is 5.82. The molecular weight excluding hydrogens is 304 g/mol. The number of primary amides is 1. The third-order valence-electron chi connectivity index (χ3n) is 4.23. The van der Waals surface area contributed by atoms with E-state index in [2.05, 4.69) is 5.32 Å². The lowest BCUT2D eigenvalue weighted by Gasteiger charge is -2.26. The summed E-state index contributed by atoms with van der Waals surface area (Å²) in [7, 11) is 1.54. The maximum absolute atomic E-state index is 11.8. The van der Waals surface area contributed by atoms with E-state index < -0.39 is 5.91 Å². The highest BCUT2D eigenvalue weighted by Crippen LogP contribution is 2.41. The van der Waals surface area contributed by atoms with Gasteiger partial charge in [-0.25, -0.2) is 0 Å². The summed E-state index contributed by atoms with van der Waals surface area (Å²) in [6, 6.07) is 13.3. The average Bonchev–Trinajstić information content (AvgIpc) is 2.62. The zero-order valence-electron chi connectivity index (χ0n) is 13.7. The number of methoxy groups -OCH3 is 1. The number of ether oxygens (including phenoxy) is 2. The Bertz CT molecular complexity index is 710. The van der Waals surface area contributed by atoms with Crippen molar-refractivity contribution in [1.82, 2.24) is 5.32 Å². The Labute approximate surface area is 141 Å². The summed E-state index contributed by atoms with van der Waals surface area (Å²) in [5, 5.41) is 3.33. The molecular formula is C19H22N2O3. The number of nitrogens with one attached hydrogen (secondary N) is 1. The normalized spacial score (nSPS) is 15.0. The van der Waals surface area contributed by atoms with Crippen molar-refractivity contribution in [3.8, 4) is 22.6 Å². The van der Waals surface area contributed by atoms with Crippen LogP contribution in [0.4, 0.5) is 0 Å². The van der Waals surface area contributed by atoms with E-state index in [1.807, 2.05) is 36.4 Å². The van der Waals surface area contributed by atoms with Crippen LogP contribution in [0.2, 0.25) is 0 Å². The SMILES string of the molecule is COc1c(C(N)=O)ccc(OC2CCNCC2)c1-c1ccccc1. The number of amides is 1. The predicted octanol–water partition coefficient (Wildman–Crippen LogP) is 2.59. The third kappa shape index (κ3) is 3.36. The molecule has 3 rings (SSSR count). The van der Waals surface area contributed by atoms with Crippen molar-refractivity contribution in [2.75, 3.05) is 20.2 Å². The standard InChI is InChI=1S/C19H22N2O3/c1-23-18-15(19(20)22)7-8-16(24-14-9-11-21-12-10-14)17(18)13-5-3-2-4-6-13/h2-8,14,21H,9-12H2,1H3,(H2,20,22). The van der Waals surface area contributed by atoms with Crippen LogP contribution in [0, 0.1) is 0 Å². The van der Waals surface area contributed by atoms with E-state index in [4.69, 9.17) is 15.2 Å². The van der Waals surface area contributed by atoms with Crippen LogP contribution in [0.3, 0.4) is 0 Å². The molecule has 2 aromatic carbocycles. The zero-order valence-corrected chi connectivity index (χ0v) is 13.7. The van der Waals surface area contributed by atoms with Gasteiger partial charge < -0.3 is 20.5 Å². The quantitative estimate of drug-likeness (QED) is 0.886. The van der Waals surface area contributed by atoms with Crippen molar-refractivity contribution >= 4 is 5.91 Å². The number of hydrogen-bond acceptors (Lipinski definition) is 4. The maximum Gasteiger partial charge on any atom is 0.252 e. The summed E-state index contributed by atoms with van der Waals surface area (Å²) in [5.41, 5.74) is 7.56. The molecule has 0 atom stereocenters. The molecule has 2 aromatic rings. The van der Waals surface area contributed by atoms with Gasteiger partial charge in [0.25, 0.3) is 5.91 Å². The van der Waals surface area contributed by atoms with Crippen LogP contribution in [0.15, 0.2) is 42.5 Å². The fraction of sp³-hybridized carbons (Fsp3) is 0.316. The monoisotopic (exact) mass is 326 g/mol. The number of carbonyl (C=O) groups excluding carboxylic acids is 1. The van der Waals surface area contributed by atoms with Gasteiger partial charge in [0.05, 0.1) is 18.2 Å². The first-order valence-corrected chi connectivity index (χ1v) is 8.14. The van der Waals surface area contributed by atoms with Gasteiger partial charge in [-0.2, -0.15) is 0 Å². The molecule has 1 fully saturated rings. The van der Waals surface area contributed by atoms with E-state index in [-0.39, 0.29) is 6.10 Å². The van der Waals surface area contributed by atoms with Crippen molar-refractivity contribution < 1.29 is 14.3 Å². The van der Waals surface area contributed by atoms with Gasteiger partial charge in [0, 0.05) is 0 Å². The highest BCUT2D eigenvalue weighted by atomic mass is 16.5. The molecule has 1 saturated heterocycles. The molecule has 1 amide bonds. The van der Waals surface area contributed by atoms with Crippen LogP contribution in [0.1, 0.15) is 23.2 Å². The molecule has 0 saturated carbocycles. The molecule has 0 aromatic heterocycles. The first-order chi connectivity index (χ1) is 11.7. The fourth-order valence-electron chi connectivity index (χ4n) is 3.04. The summed E-state index contributed by atoms with van der Waals surface area (Å²) >= 11 is 0. The molecule has 0 aliphatic carbocycles. The van der Waals surface area contributed by atoms with Crippen LogP contribution in [0.5, 0.6) is 11.5 Å². The molecule has 1 aliphatic heterocycles. The first kappa shape index (κ1) is 16.3. The lowest BCUT2D eigenvalue weighted by atomic mass is 9.99. The van der Waals surface area contributed by atoms with E-state index >= 15 is 0 Å². The maximum atomic E-state index is 11.8. The van der Waals surface area contributed by atoms with Gasteiger partial charge in [-0.15, -0.1) is 0 Å². The van der Waals surface area contributed by atoms with Gasteiger partial charge >= 0.3 is 0 Å². The van der Waals surface area contributed by atoms with Crippen LogP contribution < -0.4 is 20.5 Å². The summed E-state index contributed by atoms with van der Waals surface area (Å²) in [6.45, 7) is 1.89. The van der Waals surface area contributed by atoms with Crippen molar-refractivity contribution in [1.29, 1.82) is 0 Å². The Hall–Kier alpha value is -2.53. The molecule has 1 heterocycles. The molecule has 0 bridgehead atoms. The van der Waals surface area contributed by atoms with E-state index in [1.54, 1.807) is 13.2 Å². The Morgan fingerprint density at radius 2 is 1.83 bits per heavy atom. The van der Waals surface area contributed by atoms with E-state index in [9.17, 15) is 4.79 Å². The van der Waals surface area contributed by atoms with Crippen LogP contribution in [-0.4, -0.2) is 32.2 Å². The number of hydrogen-bond donors (Lipinski definition) is 2. The molecule has 0 unspecified atom stereocenters. The number of rotatable bonds is 5. The van der Waals surface area contributed by atoms with Gasteiger partial charge in [-0.3, -0.25) is 4.79 Å². The number of benzene rings is 2. The number of carbonyl (C=O) groups is 1. The van der Waals surface area contributed by atoms with Gasteiger partial charge in [-0.05, 0) is 43.6 Å². The summed E-state index contributed by atoms with van der Waals surface area (Å²) in [4.78, 5) is 11.8.